The van der Waals surface area contributed by atoms with Crippen molar-refractivity contribution in [1.29, 1.82) is 0 Å². The third-order valence-corrected chi connectivity index (χ3v) is 5.38. The average Bonchev–Trinajstić information content (AvgIpc) is 2.72. The lowest BCUT2D eigenvalue weighted by atomic mass is 9.80. The van der Waals surface area contributed by atoms with E-state index < -0.39 is 22.8 Å². The van der Waals surface area contributed by atoms with E-state index in [1.807, 2.05) is 4.90 Å². The molecule has 8 heteroatoms. The molecule has 20 heavy (non-hydrogen) atoms. The van der Waals surface area contributed by atoms with Crippen LogP contribution in [0.15, 0.2) is 18.2 Å². The minimum absolute atomic E-state index is 0.0948. The normalized spacial score (nSPS) is 21.4. The molecule has 0 aromatic heterocycles. The molecule has 1 aliphatic rings. The first-order chi connectivity index (χ1) is 9.28. The van der Waals surface area contributed by atoms with Crippen molar-refractivity contribution in [3.05, 3.63) is 29.6 Å². The van der Waals surface area contributed by atoms with Crippen LogP contribution < -0.4 is 5.46 Å². The molecule has 1 fully saturated rings. The molecule has 0 aliphatic carbocycles. The van der Waals surface area contributed by atoms with Crippen LogP contribution in [0.4, 0.5) is 4.39 Å². The summed E-state index contributed by atoms with van der Waals surface area (Å²) in [6.07, 6.45) is 0.563. The Kier molecular flexibility index (Phi) is 4.48. The van der Waals surface area contributed by atoms with Crippen molar-refractivity contribution < 1.29 is 22.9 Å². The van der Waals surface area contributed by atoms with Crippen molar-refractivity contribution >= 4 is 22.4 Å². The summed E-state index contributed by atoms with van der Waals surface area (Å²) in [6, 6.07) is 3.92. The first kappa shape index (κ1) is 15.4. The Labute approximate surface area is 118 Å². The minimum Gasteiger partial charge on any atom is -0.423 e. The third-order valence-electron chi connectivity index (χ3n) is 3.63. The molecule has 2 rings (SSSR count). The second-order valence-electron chi connectivity index (χ2n) is 5.20. The second kappa shape index (κ2) is 5.81. The maximum Gasteiger partial charge on any atom is 0.488 e. The summed E-state index contributed by atoms with van der Waals surface area (Å²) < 4.78 is 36.7. The zero-order valence-electron chi connectivity index (χ0n) is 11.2. The van der Waals surface area contributed by atoms with E-state index in [2.05, 4.69) is 0 Å². The smallest absolute Gasteiger partial charge is 0.423 e. The van der Waals surface area contributed by atoms with E-state index in [0.717, 1.165) is 6.07 Å². The van der Waals surface area contributed by atoms with Crippen molar-refractivity contribution in [3.63, 3.8) is 0 Å². The van der Waals surface area contributed by atoms with Gasteiger partial charge >= 0.3 is 7.12 Å². The molecule has 0 spiro atoms. The molecule has 110 valence electrons. The number of rotatable bonds is 4. The van der Waals surface area contributed by atoms with Gasteiger partial charge in [0.05, 0.1) is 11.5 Å². The summed E-state index contributed by atoms with van der Waals surface area (Å²) in [7, 11) is -2.90. The highest BCUT2D eigenvalue weighted by Crippen LogP contribution is 2.19. The lowest BCUT2D eigenvalue weighted by Gasteiger charge is -2.23. The van der Waals surface area contributed by atoms with Gasteiger partial charge in [-0.05, 0) is 25.0 Å². The van der Waals surface area contributed by atoms with E-state index in [0.29, 0.717) is 12.0 Å². The van der Waals surface area contributed by atoms with Crippen LogP contribution in [0.5, 0.6) is 0 Å². The zero-order chi connectivity index (χ0) is 14.9. The first-order valence-corrected chi connectivity index (χ1v) is 8.16. The Bertz CT molecular complexity index is 593. The van der Waals surface area contributed by atoms with Gasteiger partial charge in [0.1, 0.15) is 5.82 Å². The van der Waals surface area contributed by atoms with Crippen molar-refractivity contribution in [3.8, 4) is 0 Å². The largest absolute Gasteiger partial charge is 0.488 e. The number of hydrogen-bond acceptors (Lipinski definition) is 5. The molecule has 0 saturated carbocycles. The predicted octanol–water partition coefficient (Wildman–Crippen LogP) is -0.876. The van der Waals surface area contributed by atoms with Gasteiger partial charge in [0.15, 0.2) is 9.84 Å². The quantitative estimate of drug-likeness (QED) is 0.707. The van der Waals surface area contributed by atoms with Gasteiger partial charge in [-0.25, -0.2) is 12.8 Å². The predicted molar refractivity (Wildman–Crippen MR) is 74.8 cm³/mol. The number of sulfone groups is 1. The van der Waals surface area contributed by atoms with Crippen LogP contribution in [-0.2, 0) is 16.4 Å². The van der Waals surface area contributed by atoms with Crippen LogP contribution in [-0.4, -0.2) is 55.1 Å². The fourth-order valence-electron chi connectivity index (χ4n) is 2.37. The van der Waals surface area contributed by atoms with Gasteiger partial charge < -0.3 is 10.0 Å². The lowest BCUT2D eigenvalue weighted by molar-refractivity contribution is 0.250. The number of benzene rings is 1. The first-order valence-electron chi connectivity index (χ1n) is 6.33. The summed E-state index contributed by atoms with van der Waals surface area (Å²) in [5.74, 6) is -0.234. The monoisotopic (exact) mass is 301 g/mol. The van der Waals surface area contributed by atoms with Crippen molar-refractivity contribution in [2.24, 2.45) is 0 Å². The van der Waals surface area contributed by atoms with Gasteiger partial charge in [0.2, 0.25) is 0 Å². The van der Waals surface area contributed by atoms with E-state index in [1.54, 1.807) is 7.05 Å². The molecule has 0 bridgehead atoms. The molecule has 1 aromatic rings. The zero-order valence-corrected chi connectivity index (χ0v) is 12.0. The summed E-state index contributed by atoms with van der Waals surface area (Å²) in [4.78, 5) is 1.82. The van der Waals surface area contributed by atoms with Crippen molar-refractivity contribution in [2.75, 3.05) is 18.6 Å². The minimum atomic E-state index is -2.96. The Morgan fingerprint density at radius 1 is 1.45 bits per heavy atom. The Morgan fingerprint density at radius 3 is 2.65 bits per heavy atom. The van der Waals surface area contributed by atoms with E-state index in [1.165, 1.54) is 12.1 Å². The van der Waals surface area contributed by atoms with Crippen LogP contribution in [0.2, 0.25) is 0 Å². The molecule has 0 radical (unpaired) electrons. The maximum absolute atomic E-state index is 13.8. The Hall–Kier alpha value is -0.955. The van der Waals surface area contributed by atoms with Crippen molar-refractivity contribution in [2.45, 2.75) is 19.0 Å². The van der Waals surface area contributed by atoms with Gasteiger partial charge in [-0.3, -0.25) is 4.90 Å². The van der Waals surface area contributed by atoms with Crippen LogP contribution >= 0.6 is 0 Å². The molecule has 1 unspecified atom stereocenters. The van der Waals surface area contributed by atoms with Crippen LogP contribution in [0, 0.1) is 5.82 Å². The molecular weight excluding hydrogens is 284 g/mol. The molecular formula is C12H17BFNO4S. The third kappa shape index (κ3) is 3.57. The highest BCUT2D eigenvalue weighted by Gasteiger charge is 2.30. The van der Waals surface area contributed by atoms with Gasteiger partial charge in [-0.2, -0.15) is 0 Å². The maximum atomic E-state index is 13.8. The standard InChI is InChI=1S/C12H17BFNO4S/c1-15(11-4-5-20(18,19)8-11)7-9-2-3-10(13(16)17)6-12(9)14/h2-3,6,11,16-17H,4-5,7-8H2,1H3. The Balaban J connectivity index is 2.07. The Morgan fingerprint density at radius 2 is 2.15 bits per heavy atom. The van der Waals surface area contributed by atoms with Gasteiger partial charge in [0, 0.05) is 18.2 Å². The lowest BCUT2D eigenvalue weighted by Crippen LogP contribution is -2.33. The van der Waals surface area contributed by atoms with Crippen LogP contribution in [0.1, 0.15) is 12.0 Å². The summed E-state index contributed by atoms with van der Waals surface area (Å²) in [5, 5.41) is 17.9. The number of hydrogen-bond donors (Lipinski definition) is 2. The molecule has 2 N–H and O–H groups in total. The highest BCUT2D eigenvalue weighted by molar-refractivity contribution is 7.91. The van der Waals surface area contributed by atoms with E-state index >= 15 is 0 Å². The molecule has 0 amide bonds. The molecule has 1 heterocycles. The topological polar surface area (TPSA) is 77.8 Å². The number of halogens is 1. The van der Waals surface area contributed by atoms with Crippen LogP contribution in [0.25, 0.3) is 0 Å². The SMILES string of the molecule is CN(Cc1ccc(B(O)O)cc1F)C1CCS(=O)(=O)C1. The van der Waals surface area contributed by atoms with Gasteiger partial charge in [0.25, 0.3) is 0 Å². The van der Waals surface area contributed by atoms with Crippen LogP contribution in [0.3, 0.4) is 0 Å². The molecule has 1 aromatic carbocycles. The van der Waals surface area contributed by atoms with Gasteiger partial charge in [-0.1, -0.05) is 12.1 Å². The molecule has 1 saturated heterocycles. The molecule has 1 atom stereocenters. The molecule has 5 nitrogen and oxygen atoms in total. The summed E-state index contributed by atoms with van der Waals surface area (Å²) in [5.41, 5.74) is 0.499. The van der Waals surface area contributed by atoms with Gasteiger partial charge in [-0.15, -0.1) is 0 Å². The fourth-order valence-corrected chi connectivity index (χ4v) is 4.18. The highest BCUT2D eigenvalue weighted by atomic mass is 32.2. The fraction of sp³-hybridized carbons (Fsp3) is 0.500. The summed E-state index contributed by atoms with van der Waals surface area (Å²) >= 11 is 0. The molecule has 1 aliphatic heterocycles. The second-order valence-corrected chi connectivity index (χ2v) is 7.43. The average molecular weight is 301 g/mol. The van der Waals surface area contributed by atoms with E-state index in [-0.39, 0.29) is 29.6 Å². The van der Waals surface area contributed by atoms with E-state index in [4.69, 9.17) is 10.0 Å². The van der Waals surface area contributed by atoms with Crippen molar-refractivity contribution in [1.82, 2.24) is 4.90 Å². The van der Waals surface area contributed by atoms with E-state index in [9.17, 15) is 12.8 Å². The summed E-state index contributed by atoms with van der Waals surface area (Å²) in [6.45, 7) is 0.286. The number of nitrogens with zero attached hydrogens (tertiary/aromatic N) is 1.